The van der Waals surface area contributed by atoms with Crippen LogP contribution in [0.4, 0.5) is 4.79 Å². The van der Waals surface area contributed by atoms with Crippen molar-refractivity contribution in [2.24, 2.45) is 5.92 Å². The third-order valence-electron chi connectivity index (χ3n) is 7.89. The van der Waals surface area contributed by atoms with E-state index in [4.69, 9.17) is 4.74 Å². The number of carbonyl (C=O) groups is 3. The van der Waals surface area contributed by atoms with E-state index in [9.17, 15) is 19.5 Å². The molecule has 1 atom stereocenters. The minimum atomic E-state index is -1.29. The number of ether oxygens (including phenoxy) is 1. The van der Waals surface area contributed by atoms with Crippen molar-refractivity contribution in [3.63, 3.8) is 0 Å². The molecule has 0 aromatic heterocycles. The highest BCUT2D eigenvalue weighted by atomic mass is 16.5. The maximum Gasteiger partial charge on any atom is 0.408 e. The number of nitrogens with one attached hydrogen (secondary N) is 1. The van der Waals surface area contributed by atoms with E-state index in [1.54, 1.807) is 0 Å². The molecule has 8 nitrogen and oxygen atoms in total. The number of amides is 2. The van der Waals surface area contributed by atoms with Crippen LogP contribution in [0, 0.1) is 5.92 Å². The van der Waals surface area contributed by atoms with Gasteiger partial charge in [-0.15, -0.1) is 0 Å². The summed E-state index contributed by atoms with van der Waals surface area (Å²) < 4.78 is 5.82. The number of aliphatic carboxylic acids is 1. The zero-order valence-electron chi connectivity index (χ0n) is 23.6. The molecule has 1 aliphatic heterocycles. The van der Waals surface area contributed by atoms with Gasteiger partial charge in [-0.3, -0.25) is 14.5 Å². The summed E-state index contributed by atoms with van der Waals surface area (Å²) in [5, 5.41) is 12.5. The fourth-order valence-electron chi connectivity index (χ4n) is 6.15. The predicted molar refractivity (Wildman–Crippen MR) is 156 cm³/mol. The second kappa shape index (κ2) is 12.1. The molecule has 1 saturated heterocycles. The monoisotopic (exact) mass is 555 g/mol. The zero-order valence-corrected chi connectivity index (χ0v) is 23.6. The van der Waals surface area contributed by atoms with Gasteiger partial charge in [0.15, 0.2) is 0 Å². The topological polar surface area (TPSA) is 99.2 Å². The van der Waals surface area contributed by atoms with Gasteiger partial charge in [0, 0.05) is 32.1 Å². The first-order valence-corrected chi connectivity index (χ1v) is 14.2. The van der Waals surface area contributed by atoms with Crippen molar-refractivity contribution >= 4 is 18.0 Å². The molecule has 3 aromatic carbocycles. The van der Waals surface area contributed by atoms with Crippen LogP contribution in [0.3, 0.4) is 0 Å². The van der Waals surface area contributed by atoms with E-state index < -0.39 is 30.1 Å². The second-order valence-corrected chi connectivity index (χ2v) is 11.5. The highest BCUT2D eigenvalue weighted by Gasteiger charge is 2.48. The van der Waals surface area contributed by atoms with E-state index in [1.807, 2.05) is 68.4 Å². The van der Waals surface area contributed by atoms with Crippen LogP contribution in [0.5, 0.6) is 0 Å². The van der Waals surface area contributed by atoms with Gasteiger partial charge < -0.3 is 20.1 Å². The summed E-state index contributed by atoms with van der Waals surface area (Å²) in [5.41, 5.74) is 4.28. The van der Waals surface area contributed by atoms with Gasteiger partial charge in [-0.05, 0) is 40.2 Å². The Labute approximate surface area is 240 Å². The molecule has 0 radical (unpaired) electrons. The molecule has 41 heavy (non-hydrogen) atoms. The first-order valence-electron chi connectivity index (χ1n) is 14.2. The lowest BCUT2D eigenvalue weighted by Crippen LogP contribution is -2.62. The van der Waals surface area contributed by atoms with E-state index >= 15 is 0 Å². The first kappa shape index (κ1) is 28.4. The normalized spacial score (nSPS) is 18.1. The third-order valence-corrected chi connectivity index (χ3v) is 7.89. The molecule has 2 N–H and O–H groups in total. The first-order chi connectivity index (χ1) is 19.8. The highest BCUT2D eigenvalue weighted by molar-refractivity contribution is 5.92. The van der Waals surface area contributed by atoms with Gasteiger partial charge in [-0.25, -0.2) is 4.79 Å². The minimum Gasteiger partial charge on any atom is -0.480 e. The second-order valence-electron chi connectivity index (χ2n) is 11.5. The van der Waals surface area contributed by atoms with Crippen LogP contribution in [-0.4, -0.2) is 71.2 Å². The van der Waals surface area contributed by atoms with Gasteiger partial charge in [0.2, 0.25) is 5.91 Å². The summed E-state index contributed by atoms with van der Waals surface area (Å²) in [6.45, 7) is 5.30. The third kappa shape index (κ3) is 6.28. The van der Waals surface area contributed by atoms with E-state index in [0.29, 0.717) is 19.5 Å². The fraction of sp³-hybridized carbons (Fsp3) is 0.364. The SMILES string of the molecule is CC(C)CN(CC(=O)O)C(=O)C1(NC(=O)OCC2c3ccccc3-c3ccccc32)CCN(Cc2ccccc2)C1. The number of hydrogen-bond donors (Lipinski definition) is 2. The number of nitrogens with zero attached hydrogens (tertiary/aromatic N) is 2. The molecule has 2 aliphatic rings. The molecular formula is C33H37N3O5. The van der Waals surface area contributed by atoms with Gasteiger partial charge in [0.25, 0.3) is 0 Å². The number of carboxylic acids is 1. The summed E-state index contributed by atoms with van der Waals surface area (Å²) in [7, 11) is 0. The van der Waals surface area contributed by atoms with Crippen LogP contribution in [0.25, 0.3) is 11.1 Å². The molecule has 0 spiro atoms. The van der Waals surface area contributed by atoms with Crippen molar-refractivity contribution in [3.05, 3.63) is 95.6 Å². The molecule has 3 aromatic rings. The Bertz CT molecular complexity index is 1360. The largest absolute Gasteiger partial charge is 0.480 e. The van der Waals surface area contributed by atoms with E-state index in [1.165, 1.54) is 4.90 Å². The molecule has 0 saturated carbocycles. The number of carbonyl (C=O) groups excluding carboxylic acids is 2. The summed E-state index contributed by atoms with van der Waals surface area (Å²) in [4.78, 5) is 42.6. The lowest BCUT2D eigenvalue weighted by atomic mass is 9.95. The molecule has 1 heterocycles. The van der Waals surface area contributed by atoms with E-state index in [-0.39, 0.29) is 31.5 Å². The predicted octanol–water partition coefficient (Wildman–Crippen LogP) is 4.74. The summed E-state index contributed by atoms with van der Waals surface area (Å²) in [6, 6.07) is 26.2. The number of likely N-dealkylation sites (tertiary alicyclic amines) is 1. The maximum atomic E-state index is 14.0. The lowest BCUT2D eigenvalue weighted by Gasteiger charge is -2.35. The Morgan fingerprint density at radius 3 is 2.20 bits per heavy atom. The van der Waals surface area contributed by atoms with Gasteiger partial charge >= 0.3 is 12.1 Å². The van der Waals surface area contributed by atoms with Crippen LogP contribution in [0.1, 0.15) is 42.9 Å². The van der Waals surface area contributed by atoms with Crippen LogP contribution in [0.15, 0.2) is 78.9 Å². The van der Waals surface area contributed by atoms with E-state index in [2.05, 4.69) is 34.5 Å². The van der Waals surface area contributed by atoms with Crippen LogP contribution < -0.4 is 5.32 Å². The number of rotatable bonds is 10. The molecule has 2 amide bonds. The summed E-state index contributed by atoms with van der Waals surface area (Å²) >= 11 is 0. The molecule has 5 rings (SSSR count). The van der Waals surface area contributed by atoms with Crippen molar-refractivity contribution < 1.29 is 24.2 Å². The van der Waals surface area contributed by atoms with E-state index in [0.717, 1.165) is 27.8 Å². The molecule has 0 bridgehead atoms. The number of fused-ring (bicyclic) bond motifs is 3. The van der Waals surface area contributed by atoms with Crippen molar-refractivity contribution in [1.29, 1.82) is 0 Å². The Morgan fingerprint density at radius 2 is 1.59 bits per heavy atom. The molecule has 1 aliphatic carbocycles. The molecule has 8 heteroatoms. The number of carboxylic acid groups (broad SMARTS) is 1. The van der Waals surface area contributed by atoms with Crippen LogP contribution >= 0.6 is 0 Å². The van der Waals surface area contributed by atoms with Crippen molar-refractivity contribution in [2.75, 3.05) is 32.8 Å². The molecule has 1 unspecified atom stereocenters. The number of hydrogen-bond acceptors (Lipinski definition) is 5. The van der Waals surface area contributed by atoms with Crippen LogP contribution in [0.2, 0.25) is 0 Å². The Morgan fingerprint density at radius 1 is 0.976 bits per heavy atom. The Kier molecular flexibility index (Phi) is 8.40. The zero-order chi connectivity index (χ0) is 29.0. The lowest BCUT2D eigenvalue weighted by molar-refractivity contribution is -0.147. The summed E-state index contributed by atoms with van der Waals surface area (Å²) in [6.07, 6.45) is -0.321. The van der Waals surface area contributed by atoms with Crippen LogP contribution in [-0.2, 0) is 20.9 Å². The quantitative estimate of drug-likeness (QED) is 0.375. The average molecular weight is 556 g/mol. The van der Waals surface area contributed by atoms with Crippen molar-refractivity contribution in [3.8, 4) is 11.1 Å². The average Bonchev–Trinajstić information content (AvgIpc) is 3.50. The Balaban J connectivity index is 1.35. The maximum absolute atomic E-state index is 14.0. The fourth-order valence-corrected chi connectivity index (χ4v) is 6.15. The number of benzene rings is 3. The molecule has 214 valence electrons. The highest BCUT2D eigenvalue weighted by Crippen LogP contribution is 2.44. The van der Waals surface area contributed by atoms with Gasteiger partial charge in [-0.1, -0.05) is 92.7 Å². The van der Waals surface area contributed by atoms with Gasteiger partial charge in [-0.2, -0.15) is 0 Å². The van der Waals surface area contributed by atoms with Crippen molar-refractivity contribution in [2.45, 2.75) is 38.3 Å². The Hall–Kier alpha value is -4.17. The number of alkyl carbamates (subject to hydrolysis) is 1. The standard InChI is InChI=1S/C33H37N3O5/c1-23(2)18-36(20-30(37)38)31(39)33(16-17-35(22-33)19-24-10-4-3-5-11-24)34-32(40)41-21-29-27-14-8-6-12-25(27)26-13-7-9-15-28(26)29/h3-15,23,29H,16-22H2,1-2H3,(H,34,40)(H,37,38). The molecule has 1 fully saturated rings. The van der Waals surface area contributed by atoms with Crippen molar-refractivity contribution in [1.82, 2.24) is 15.1 Å². The molecular weight excluding hydrogens is 518 g/mol. The smallest absolute Gasteiger partial charge is 0.408 e. The minimum absolute atomic E-state index is 0.0617. The van der Waals surface area contributed by atoms with Gasteiger partial charge in [0.05, 0.1) is 0 Å². The van der Waals surface area contributed by atoms with Gasteiger partial charge in [0.1, 0.15) is 18.7 Å². The summed E-state index contributed by atoms with van der Waals surface area (Å²) in [5.74, 6) is -1.53.